The number of carbonyl (C=O) groups is 2. The van der Waals surface area contributed by atoms with Crippen molar-refractivity contribution in [1.29, 1.82) is 0 Å². The molecule has 0 amide bonds. The Hall–Kier alpha value is -1.10. The van der Waals surface area contributed by atoms with Crippen molar-refractivity contribution in [3.8, 4) is 0 Å². The molecule has 0 heterocycles. The Balaban J connectivity index is 3.94. The van der Waals surface area contributed by atoms with Crippen LogP contribution in [0.4, 0.5) is 0 Å². The molecule has 0 rings (SSSR count). The van der Waals surface area contributed by atoms with Crippen molar-refractivity contribution in [3.05, 3.63) is 0 Å². The van der Waals surface area contributed by atoms with Gasteiger partial charge in [-0.15, -0.1) is 0 Å². The summed E-state index contributed by atoms with van der Waals surface area (Å²) in [6, 6.07) is 0. The van der Waals surface area contributed by atoms with Gasteiger partial charge in [-0.2, -0.15) is 0 Å². The van der Waals surface area contributed by atoms with Gasteiger partial charge in [0.25, 0.3) is 6.23 Å². The van der Waals surface area contributed by atoms with Gasteiger partial charge in [-0.25, -0.2) is 4.79 Å². The van der Waals surface area contributed by atoms with Crippen molar-refractivity contribution in [3.63, 3.8) is 0 Å². The molecular weight excluding hydrogens is 150 g/mol. The zero-order valence-electron chi connectivity index (χ0n) is 6.71. The monoisotopic (exact) mass is 161 g/mol. The second kappa shape index (κ2) is 4.68. The minimum absolute atomic E-state index is 0.533. The number of carbonyl (C=O) groups excluding carboxylic acids is 2. The third-order valence-electron chi connectivity index (χ3n) is 0.961. The van der Waals surface area contributed by atoms with E-state index in [1.807, 2.05) is 0 Å². The standard InChI is InChI=1S/C6H11NO4/c1-4(8)11-5(7-2)6(9)10-3/h5,7H,1-3H3. The molecule has 1 unspecified atom stereocenters. The first-order valence-corrected chi connectivity index (χ1v) is 3.04. The number of ether oxygens (including phenoxy) is 2. The van der Waals surface area contributed by atoms with Gasteiger partial charge in [0.2, 0.25) is 0 Å². The molecule has 1 atom stereocenters. The Morgan fingerprint density at radius 2 is 2.00 bits per heavy atom. The summed E-state index contributed by atoms with van der Waals surface area (Å²) < 4.78 is 8.85. The topological polar surface area (TPSA) is 64.6 Å². The Morgan fingerprint density at radius 3 is 2.27 bits per heavy atom. The first-order chi connectivity index (χ1) is 5.11. The number of likely N-dealkylation sites (N-methyl/N-ethyl adjacent to an activating group) is 1. The van der Waals surface area contributed by atoms with Gasteiger partial charge in [0.05, 0.1) is 7.11 Å². The second-order valence-electron chi connectivity index (χ2n) is 1.80. The van der Waals surface area contributed by atoms with Crippen LogP contribution in [0, 0.1) is 0 Å². The Kier molecular flexibility index (Phi) is 4.21. The average molecular weight is 161 g/mol. The number of esters is 2. The maximum absolute atomic E-state index is 10.7. The minimum Gasteiger partial charge on any atom is -0.465 e. The first-order valence-electron chi connectivity index (χ1n) is 3.04. The second-order valence-corrected chi connectivity index (χ2v) is 1.80. The van der Waals surface area contributed by atoms with Crippen molar-refractivity contribution in [1.82, 2.24) is 5.32 Å². The third-order valence-corrected chi connectivity index (χ3v) is 0.961. The summed E-state index contributed by atoms with van der Waals surface area (Å²) in [6.45, 7) is 1.22. The van der Waals surface area contributed by atoms with E-state index in [-0.39, 0.29) is 0 Å². The summed E-state index contributed by atoms with van der Waals surface area (Å²) >= 11 is 0. The fraction of sp³-hybridized carbons (Fsp3) is 0.667. The van der Waals surface area contributed by atoms with Gasteiger partial charge in [0.1, 0.15) is 0 Å². The zero-order valence-corrected chi connectivity index (χ0v) is 6.71. The number of hydrogen-bond donors (Lipinski definition) is 1. The van der Waals surface area contributed by atoms with E-state index >= 15 is 0 Å². The molecule has 0 spiro atoms. The number of methoxy groups -OCH3 is 1. The summed E-state index contributed by atoms with van der Waals surface area (Å²) in [5.41, 5.74) is 0. The van der Waals surface area contributed by atoms with E-state index in [0.29, 0.717) is 0 Å². The lowest BCUT2D eigenvalue weighted by molar-refractivity contribution is -0.166. The first kappa shape index (κ1) is 9.90. The molecule has 5 heteroatoms. The molecule has 0 aliphatic carbocycles. The zero-order chi connectivity index (χ0) is 8.85. The smallest absolute Gasteiger partial charge is 0.362 e. The lowest BCUT2D eigenvalue weighted by Gasteiger charge is -2.12. The molecule has 0 aromatic rings. The Morgan fingerprint density at radius 1 is 1.45 bits per heavy atom. The van der Waals surface area contributed by atoms with E-state index in [1.54, 1.807) is 0 Å². The van der Waals surface area contributed by atoms with Crippen LogP contribution in [0.2, 0.25) is 0 Å². The molecule has 0 aliphatic heterocycles. The molecule has 11 heavy (non-hydrogen) atoms. The van der Waals surface area contributed by atoms with Crippen molar-refractivity contribution >= 4 is 11.9 Å². The number of rotatable bonds is 3. The lowest BCUT2D eigenvalue weighted by atomic mass is 10.5. The van der Waals surface area contributed by atoms with Gasteiger partial charge in [-0.3, -0.25) is 10.1 Å². The molecule has 5 nitrogen and oxygen atoms in total. The van der Waals surface area contributed by atoms with E-state index in [1.165, 1.54) is 21.1 Å². The maximum Gasteiger partial charge on any atom is 0.362 e. The molecule has 0 aromatic heterocycles. The van der Waals surface area contributed by atoms with Crippen LogP contribution in [0.5, 0.6) is 0 Å². The number of nitrogens with one attached hydrogen (secondary N) is 1. The largest absolute Gasteiger partial charge is 0.465 e. The Labute approximate surface area is 64.7 Å². The molecular formula is C6H11NO4. The average Bonchev–Trinajstić information content (AvgIpc) is 1.98. The summed E-state index contributed by atoms with van der Waals surface area (Å²) in [5, 5.41) is 2.47. The minimum atomic E-state index is -1.00. The van der Waals surface area contributed by atoms with E-state index in [4.69, 9.17) is 0 Å². The van der Waals surface area contributed by atoms with Crippen molar-refractivity contribution in [2.75, 3.05) is 14.2 Å². The van der Waals surface area contributed by atoms with Crippen molar-refractivity contribution in [2.45, 2.75) is 13.2 Å². The van der Waals surface area contributed by atoms with Gasteiger partial charge in [0, 0.05) is 6.92 Å². The van der Waals surface area contributed by atoms with Gasteiger partial charge in [0.15, 0.2) is 0 Å². The van der Waals surface area contributed by atoms with Crippen molar-refractivity contribution in [2.24, 2.45) is 0 Å². The molecule has 0 aromatic carbocycles. The third kappa shape index (κ3) is 3.57. The van der Waals surface area contributed by atoms with E-state index < -0.39 is 18.2 Å². The summed E-state index contributed by atoms with van der Waals surface area (Å²) in [4.78, 5) is 21.1. The fourth-order valence-electron chi connectivity index (χ4n) is 0.498. The fourth-order valence-corrected chi connectivity index (χ4v) is 0.498. The summed E-state index contributed by atoms with van der Waals surface area (Å²) in [6.07, 6.45) is -1.00. The highest BCUT2D eigenvalue weighted by molar-refractivity contribution is 5.77. The number of hydrogen-bond acceptors (Lipinski definition) is 5. The van der Waals surface area contributed by atoms with Crippen LogP contribution in [0.3, 0.4) is 0 Å². The maximum atomic E-state index is 10.7. The molecule has 1 N–H and O–H groups in total. The van der Waals surface area contributed by atoms with Crippen LogP contribution >= 0.6 is 0 Å². The van der Waals surface area contributed by atoms with Crippen LogP contribution < -0.4 is 5.32 Å². The molecule has 0 saturated carbocycles. The van der Waals surface area contributed by atoms with Crippen LogP contribution in [-0.4, -0.2) is 32.3 Å². The molecule has 0 bridgehead atoms. The van der Waals surface area contributed by atoms with Crippen LogP contribution in [0.15, 0.2) is 0 Å². The van der Waals surface area contributed by atoms with E-state index in [2.05, 4.69) is 14.8 Å². The quantitative estimate of drug-likeness (QED) is 0.436. The van der Waals surface area contributed by atoms with Crippen molar-refractivity contribution < 1.29 is 19.1 Å². The predicted octanol–water partition coefficient (Wildman–Crippen LogP) is -0.732. The summed E-state index contributed by atoms with van der Waals surface area (Å²) in [7, 11) is 2.71. The SMILES string of the molecule is CNC(OC(C)=O)C(=O)OC. The van der Waals surface area contributed by atoms with E-state index in [9.17, 15) is 9.59 Å². The van der Waals surface area contributed by atoms with Crippen LogP contribution in [-0.2, 0) is 19.1 Å². The van der Waals surface area contributed by atoms with Crippen LogP contribution in [0.25, 0.3) is 0 Å². The molecule has 0 aliphatic rings. The van der Waals surface area contributed by atoms with Crippen LogP contribution in [0.1, 0.15) is 6.92 Å². The molecule has 64 valence electrons. The molecule has 0 radical (unpaired) electrons. The summed E-state index contributed by atoms with van der Waals surface area (Å²) in [5.74, 6) is -1.16. The lowest BCUT2D eigenvalue weighted by Crippen LogP contribution is -2.38. The van der Waals surface area contributed by atoms with Gasteiger partial charge < -0.3 is 9.47 Å². The highest BCUT2D eigenvalue weighted by Crippen LogP contribution is 1.90. The van der Waals surface area contributed by atoms with Gasteiger partial charge >= 0.3 is 11.9 Å². The van der Waals surface area contributed by atoms with Gasteiger partial charge in [-0.1, -0.05) is 0 Å². The van der Waals surface area contributed by atoms with E-state index in [0.717, 1.165) is 0 Å². The molecule has 0 fully saturated rings. The Bertz CT molecular complexity index is 157. The highest BCUT2D eigenvalue weighted by atomic mass is 16.6. The highest BCUT2D eigenvalue weighted by Gasteiger charge is 2.19. The van der Waals surface area contributed by atoms with Gasteiger partial charge in [-0.05, 0) is 7.05 Å². The molecule has 0 saturated heterocycles. The normalized spacial score (nSPS) is 11.9. The predicted molar refractivity (Wildman–Crippen MR) is 36.6 cm³/mol.